The van der Waals surface area contributed by atoms with Crippen LogP contribution in [0.5, 0.6) is 0 Å². The number of rotatable bonds is 4. The van der Waals surface area contributed by atoms with Gasteiger partial charge in [0.15, 0.2) is 0 Å². The topological polar surface area (TPSA) is 32.3 Å². The summed E-state index contributed by atoms with van der Waals surface area (Å²) in [4.78, 5) is 14.7. The molecule has 18 heavy (non-hydrogen) atoms. The van der Waals surface area contributed by atoms with Crippen molar-refractivity contribution >= 4 is 17.2 Å². The SMILES string of the molecule is CCCN(C(=O)c1cscc1C)C1CCCNC1. The molecule has 1 unspecified atom stereocenters. The molecule has 1 atom stereocenters. The van der Waals surface area contributed by atoms with Crippen LogP contribution in [0.1, 0.15) is 42.1 Å². The first kappa shape index (κ1) is 13.6. The molecule has 2 heterocycles. The molecule has 100 valence electrons. The van der Waals surface area contributed by atoms with Gasteiger partial charge in [0.25, 0.3) is 5.91 Å². The standard InChI is InChI=1S/C14H22N2OS/c1-3-7-16(12-5-4-6-15-8-12)14(17)13-10-18-9-11(13)2/h9-10,12,15H,3-8H2,1-2H3. The van der Waals surface area contributed by atoms with E-state index < -0.39 is 0 Å². The van der Waals surface area contributed by atoms with E-state index in [0.717, 1.165) is 43.6 Å². The van der Waals surface area contributed by atoms with Crippen LogP contribution in [0.2, 0.25) is 0 Å². The van der Waals surface area contributed by atoms with Crippen molar-refractivity contribution in [3.05, 3.63) is 21.9 Å². The van der Waals surface area contributed by atoms with Crippen LogP contribution in [0, 0.1) is 6.92 Å². The lowest BCUT2D eigenvalue weighted by Gasteiger charge is -2.34. The van der Waals surface area contributed by atoms with Gasteiger partial charge in [-0.3, -0.25) is 4.79 Å². The van der Waals surface area contributed by atoms with Crippen LogP contribution in [-0.2, 0) is 0 Å². The Morgan fingerprint density at radius 1 is 1.56 bits per heavy atom. The van der Waals surface area contributed by atoms with Crippen molar-refractivity contribution < 1.29 is 4.79 Å². The number of thiophene rings is 1. The molecular weight excluding hydrogens is 244 g/mol. The summed E-state index contributed by atoms with van der Waals surface area (Å²) in [5, 5.41) is 7.43. The van der Waals surface area contributed by atoms with Gasteiger partial charge in [-0.25, -0.2) is 0 Å². The predicted molar refractivity (Wildman–Crippen MR) is 76.3 cm³/mol. The van der Waals surface area contributed by atoms with Crippen LogP contribution < -0.4 is 5.32 Å². The van der Waals surface area contributed by atoms with E-state index in [1.165, 1.54) is 6.42 Å². The molecule has 1 saturated heterocycles. The van der Waals surface area contributed by atoms with Crippen molar-refractivity contribution in [1.82, 2.24) is 10.2 Å². The second-order valence-electron chi connectivity index (χ2n) is 4.97. The van der Waals surface area contributed by atoms with Crippen molar-refractivity contribution in [2.75, 3.05) is 19.6 Å². The van der Waals surface area contributed by atoms with Crippen LogP contribution >= 0.6 is 11.3 Å². The monoisotopic (exact) mass is 266 g/mol. The molecule has 1 N–H and O–H groups in total. The maximum atomic E-state index is 12.6. The Morgan fingerprint density at radius 3 is 2.94 bits per heavy atom. The molecule has 0 aliphatic carbocycles. The molecule has 1 aliphatic rings. The highest BCUT2D eigenvalue weighted by Crippen LogP contribution is 2.20. The number of aryl methyl sites for hydroxylation is 1. The van der Waals surface area contributed by atoms with Crippen molar-refractivity contribution in [3.8, 4) is 0 Å². The van der Waals surface area contributed by atoms with Gasteiger partial charge in [0, 0.05) is 24.5 Å². The Bertz CT molecular complexity index is 396. The molecule has 1 fully saturated rings. The number of hydrogen-bond donors (Lipinski definition) is 1. The Labute approximate surface area is 113 Å². The molecule has 0 bridgehead atoms. The molecule has 0 spiro atoms. The van der Waals surface area contributed by atoms with Gasteiger partial charge in [0.1, 0.15) is 0 Å². The average Bonchev–Trinajstić information content (AvgIpc) is 2.82. The van der Waals surface area contributed by atoms with Gasteiger partial charge in [-0.05, 0) is 43.7 Å². The lowest BCUT2D eigenvalue weighted by atomic mass is 10.0. The predicted octanol–water partition coefficient (Wildman–Crippen LogP) is 2.66. The minimum atomic E-state index is 0.212. The van der Waals surface area contributed by atoms with Crippen molar-refractivity contribution in [2.24, 2.45) is 0 Å². The van der Waals surface area contributed by atoms with Crippen LogP contribution in [0.25, 0.3) is 0 Å². The lowest BCUT2D eigenvalue weighted by molar-refractivity contribution is 0.0649. The smallest absolute Gasteiger partial charge is 0.255 e. The normalized spacial score (nSPS) is 19.8. The third-order valence-electron chi connectivity index (χ3n) is 3.52. The van der Waals surface area contributed by atoms with Crippen LogP contribution in [0.3, 0.4) is 0 Å². The minimum Gasteiger partial charge on any atom is -0.334 e. The van der Waals surface area contributed by atoms with Crippen molar-refractivity contribution in [3.63, 3.8) is 0 Å². The van der Waals surface area contributed by atoms with Crippen LogP contribution in [0.4, 0.5) is 0 Å². The molecule has 3 nitrogen and oxygen atoms in total. The van der Waals surface area contributed by atoms with Crippen LogP contribution in [-0.4, -0.2) is 36.5 Å². The number of carbonyl (C=O) groups excluding carboxylic acids is 1. The van der Waals surface area contributed by atoms with E-state index in [9.17, 15) is 4.79 Å². The number of amides is 1. The summed E-state index contributed by atoms with van der Waals surface area (Å²) >= 11 is 1.61. The summed E-state index contributed by atoms with van der Waals surface area (Å²) in [6, 6.07) is 0.366. The van der Waals surface area contributed by atoms with Gasteiger partial charge in [-0.1, -0.05) is 6.92 Å². The highest BCUT2D eigenvalue weighted by molar-refractivity contribution is 7.08. The molecule has 0 radical (unpaired) electrons. The van der Waals surface area contributed by atoms with E-state index >= 15 is 0 Å². The fraction of sp³-hybridized carbons (Fsp3) is 0.643. The van der Waals surface area contributed by atoms with Crippen molar-refractivity contribution in [1.29, 1.82) is 0 Å². The zero-order valence-corrected chi connectivity index (χ0v) is 12.1. The van der Waals surface area contributed by atoms with Gasteiger partial charge < -0.3 is 10.2 Å². The molecule has 1 aromatic rings. The van der Waals surface area contributed by atoms with Gasteiger partial charge >= 0.3 is 0 Å². The van der Waals surface area contributed by atoms with E-state index in [-0.39, 0.29) is 5.91 Å². The minimum absolute atomic E-state index is 0.212. The summed E-state index contributed by atoms with van der Waals surface area (Å²) in [5.74, 6) is 0.212. The summed E-state index contributed by atoms with van der Waals surface area (Å²) in [5.41, 5.74) is 1.99. The molecule has 1 amide bonds. The zero-order chi connectivity index (χ0) is 13.0. The lowest BCUT2D eigenvalue weighted by Crippen LogP contribution is -2.49. The third-order valence-corrected chi connectivity index (χ3v) is 4.38. The highest BCUT2D eigenvalue weighted by atomic mass is 32.1. The fourth-order valence-corrected chi connectivity index (χ4v) is 3.35. The van der Waals surface area contributed by atoms with E-state index in [1.807, 2.05) is 12.3 Å². The highest BCUT2D eigenvalue weighted by Gasteiger charge is 2.26. The number of piperidine rings is 1. The molecule has 4 heteroatoms. The zero-order valence-electron chi connectivity index (χ0n) is 11.2. The number of nitrogens with zero attached hydrogens (tertiary/aromatic N) is 1. The van der Waals surface area contributed by atoms with Gasteiger partial charge in [0.2, 0.25) is 0 Å². The first-order valence-corrected chi connectivity index (χ1v) is 7.72. The van der Waals surface area contributed by atoms with E-state index in [1.54, 1.807) is 11.3 Å². The Kier molecular flexibility index (Phi) is 4.78. The second-order valence-corrected chi connectivity index (χ2v) is 5.71. The molecule has 1 aromatic heterocycles. The quantitative estimate of drug-likeness (QED) is 0.908. The first-order chi connectivity index (χ1) is 8.74. The number of nitrogens with one attached hydrogen (secondary N) is 1. The molecule has 0 aromatic carbocycles. The molecule has 0 saturated carbocycles. The Hall–Kier alpha value is -0.870. The summed E-state index contributed by atoms with van der Waals surface area (Å²) in [6.07, 6.45) is 3.31. The van der Waals surface area contributed by atoms with Gasteiger partial charge in [-0.15, -0.1) is 0 Å². The second kappa shape index (κ2) is 6.34. The third kappa shape index (κ3) is 2.93. The average molecular weight is 266 g/mol. The summed E-state index contributed by atoms with van der Waals surface area (Å²) in [7, 11) is 0. The summed E-state index contributed by atoms with van der Waals surface area (Å²) in [6.45, 7) is 7.04. The fourth-order valence-electron chi connectivity index (χ4n) is 2.52. The number of carbonyl (C=O) groups is 1. The largest absolute Gasteiger partial charge is 0.334 e. The number of hydrogen-bond acceptors (Lipinski definition) is 3. The van der Waals surface area contributed by atoms with Crippen LogP contribution in [0.15, 0.2) is 10.8 Å². The Balaban J connectivity index is 2.13. The maximum absolute atomic E-state index is 12.6. The van der Waals surface area contributed by atoms with E-state index in [0.29, 0.717) is 6.04 Å². The van der Waals surface area contributed by atoms with Gasteiger partial charge in [0.05, 0.1) is 5.56 Å². The first-order valence-electron chi connectivity index (χ1n) is 6.78. The Morgan fingerprint density at radius 2 is 2.39 bits per heavy atom. The molecule has 1 aliphatic heterocycles. The van der Waals surface area contributed by atoms with Crippen molar-refractivity contribution in [2.45, 2.75) is 39.2 Å². The van der Waals surface area contributed by atoms with Gasteiger partial charge in [-0.2, -0.15) is 11.3 Å². The molecule has 2 rings (SSSR count). The maximum Gasteiger partial charge on any atom is 0.255 e. The summed E-state index contributed by atoms with van der Waals surface area (Å²) < 4.78 is 0. The van der Waals surface area contributed by atoms with E-state index in [2.05, 4.69) is 22.5 Å². The van der Waals surface area contributed by atoms with E-state index in [4.69, 9.17) is 0 Å². The molecular formula is C14H22N2OS.